The Kier molecular flexibility index (Phi) is 5.37. The molecule has 6 heteroatoms. The molecule has 2 aromatic rings. The van der Waals surface area contributed by atoms with Gasteiger partial charge in [0.1, 0.15) is 0 Å². The molecule has 1 atom stereocenters. The Morgan fingerprint density at radius 2 is 1.79 bits per heavy atom. The van der Waals surface area contributed by atoms with Gasteiger partial charge in [0.05, 0.1) is 5.92 Å². The number of aromatic nitrogens is 1. The van der Waals surface area contributed by atoms with E-state index in [4.69, 9.17) is 0 Å². The van der Waals surface area contributed by atoms with E-state index in [-0.39, 0.29) is 29.2 Å². The molecular formula is C23H28N4O2. The molecule has 152 valence electrons. The number of pyridine rings is 1. The van der Waals surface area contributed by atoms with Gasteiger partial charge in [-0.15, -0.1) is 0 Å². The molecule has 0 radical (unpaired) electrons. The van der Waals surface area contributed by atoms with E-state index < -0.39 is 0 Å². The molecule has 1 spiro atoms. The Bertz CT molecular complexity index is 863. The molecule has 1 unspecified atom stereocenters. The fraction of sp³-hybridized carbons (Fsp3) is 0.435. The number of benzene rings is 1. The van der Waals surface area contributed by atoms with Crippen LogP contribution in [-0.2, 0) is 11.3 Å². The summed E-state index contributed by atoms with van der Waals surface area (Å²) in [6.45, 7) is 7.60. The highest BCUT2D eigenvalue weighted by Gasteiger charge is 2.57. The van der Waals surface area contributed by atoms with E-state index in [2.05, 4.69) is 27.3 Å². The highest BCUT2D eigenvalue weighted by atomic mass is 16.2. The predicted molar refractivity (Wildman–Crippen MR) is 111 cm³/mol. The fourth-order valence-electron chi connectivity index (χ4n) is 4.64. The summed E-state index contributed by atoms with van der Waals surface area (Å²) < 4.78 is 0. The van der Waals surface area contributed by atoms with Crippen LogP contribution in [0.1, 0.15) is 29.8 Å². The van der Waals surface area contributed by atoms with Crippen LogP contribution in [0.3, 0.4) is 0 Å². The highest BCUT2D eigenvalue weighted by molar-refractivity contribution is 5.95. The molecule has 0 bridgehead atoms. The molecule has 0 aliphatic carbocycles. The zero-order chi connectivity index (χ0) is 20.4. The summed E-state index contributed by atoms with van der Waals surface area (Å²) in [7, 11) is 0. The summed E-state index contributed by atoms with van der Waals surface area (Å²) in [5, 5.41) is 3.09. The Balaban J connectivity index is 1.48. The van der Waals surface area contributed by atoms with Crippen molar-refractivity contribution in [2.24, 2.45) is 11.3 Å². The van der Waals surface area contributed by atoms with E-state index in [1.165, 1.54) is 5.56 Å². The maximum Gasteiger partial charge on any atom is 0.254 e. The minimum atomic E-state index is -0.170. The van der Waals surface area contributed by atoms with Crippen molar-refractivity contribution in [1.82, 2.24) is 20.1 Å². The monoisotopic (exact) mass is 392 g/mol. The number of carbonyl (C=O) groups is 2. The van der Waals surface area contributed by atoms with Gasteiger partial charge in [-0.25, -0.2) is 0 Å². The molecule has 6 nitrogen and oxygen atoms in total. The van der Waals surface area contributed by atoms with Gasteiger partial charge >= 0.3 is 0 Å². The van der Waals surface area contributed by atoms with Gasteiger partial charge in [-0.05, 0) is 31.5 Å². The fourth-order valence-corrected chi connectivity index (χ4v) is 4.64. The quantitative estimate of drug-likeness (QED) is 0.847. The molecule has 4 rings (SSSR count). The van der Waals surface area contributed by atoms with Gasteiger partial charge in [0.2, 0.25) is 5.91 Å². The van der Waals surface area contributed by atoms with Crippen molar-refractivity contribution in [3.63, 3.8) is 0 Å². The van der Waals surface area contributed by atoms with E-state index in [0.29, 0.717) is 18.7 Å². The first-order valence-electron chi connectivity index (χ1n) is 10.2. The number of amides is 2. The SMILES string of the molecule is CC(C)NC(=O)C1CN(Cc2ccccc2)CC12CN(C(=O)c1ccncc1)C2. The number of likely N-dealkylation sites (tertiary alicyclic amines) is 2. The van der Waals surface area contributed by atoms with Crippen LogP contribution in [0.15, 0.2) is 54.9 Å². The second-order valence-corrected chi connectivity index (χ2v) is 8.63. The van der Waals surface area contributed by atoms with Crippen LogP contribution in [0.25, 0.3) is 0 Å². The Hall–Kier alpha value is -2.73. The maximum absolute atomic E-state index is 13.0. The Morgan fingerprint density at radius 1 is 1.10 bits per heavy atom. The van der Waals surface area contributed by atoms with Gasteiger partial charge < -0.3 is 10.2 Å². The summed E-state index contributed by atoms with van der Waals surface area (Å²) in [6.07, 6.45) is 3.28. The van der Waals surface area contributed by atoms with Crippen molar-refractivity contribution in [3.8, 4) is 0 Å². The lowest BCUT2D eigenvalue weighted by Gasteiger charge is -2.50. The van der Waals surface area contributed by atoms with Gasteiger partial charge in [0.15, 0.2) is 0 Å². The van der Waals surface area contributed by atoms with Gasteiger partial charge in [-0.2, -0.15) is 0 Å². The molecule has 1 N–H and O–H groups in total. The summed E-state index contributed by atoms with van der Waals surface area (Å²) >= 11 is 0. The van der Waals surface area contributed by atoms with E-state index in [1.807, 2.05) is 36.9 Å². The molecule has 2 saturated heterocycles. The molecule has 2 aliphatic heterocycles. The van der Waals surface area contributed by atoms with Crippen molar-refractivity contribution in [2.45, 2.75) is 26.4 Å². The first-order chi connectivity index (χ1) is 14.0. The summed E-state index contributed by atoms with van der Waals surface area (Å²) in [5.41, 5.74) is 1.73. The average Bonchev–Trinajstić information content (AvgIpc) is 3.07. The van der Waals surface area contributed by atoms with Crippen molar-refractivity contribution in [1.29, 1.82) is 0 Å². The summed E-state index contributed by atoms with van der Waals surface area (Å²) in [4.78, 5) is 33.9. The van der Waals surface area contributed by atoms with E-state index in [0.717, 1.165) is 19.6 Å². The van der Waals surface area contributed by atoms with Crippen LogP contribution in [0, 0.1) is 11.3 Å². The highest BCUT2D eigenvalue weighted by Crippen LogP contribution is 2.45. The van der Waals surface area contributed by atoms with Crippen LogP contribution in [0.4, 0.5) is 0 Å². The number of nitrogens with zero attached hydrogens (tertiary/aromatic N) is 3. The number of hydrogen-bond donors (Lipinski definition) is 1. The molecular weight excluding hydrogens is 364 g/mol. The van der Waals surface area contributed by atoms with E-state index >= 15 is 0 Å². The third-order valence-electron chi connectivity index (χ3n) is 5.94. The first-order valence-corrected chi connectivity index (χ1v) is 10.2. The molecule has 1 aromatic heterocycles. The lowest BCUT2D eigenvalue weighted by Crippen LogP contribution is -2.64. The largest absolute Gasteiger partial charge is 0.354 e. The molecule has 3 heterocycles. The topological polar surface area (TPSA) is 65.5 Å². The van der Waals surface area contributed by atoms with Gasteiger partial charge in [-0.1, -0.05) is 30.3 Å². The zero-order valence-corrected chi connectivity index (χ0v) is 17.0. The summed E-state index contributed by atoms with van der Waals surface area (Å²) in [6, 6.07) is 13.9. The Morgan fingerprint density at radius 3 is 2.45 bits per heavy atom. The zero-order valence-electron chi connectivity index (χ0n) is 17.0. The average molecular weight is 393 g/mol. The predicted octanol–water partition coefficient (Wildman–Crippen LogP) is 2.18. The maximum atomic E-state index is 13.0. The third-order valence-corrected chi connectivity index (χ3v) is 5.94. The normalized spacial score (nSPS) is 20.7. The summed E-state index contributed by atoms with van der Waals surface area (Å²) in [5.74, 6) is 0.0178. The van der Waals surface area contributed by atoms with Crippen molar-refractivity contribution in [2.75, 3.05) is 26.2 Å². The molecule has 2 aliphatic rings. The molecule has 2 fully saturated rings. The van der Waals surface area contributed by atoms with Crippen LogP contribution in [-0.4, -0.2) is 58.8 Å². The molecule has 2 amide bonds. The van der Waals surface area contributed by atoms with Gasteiger partial charge in [0.25, 0.3) is 5.91 Å². The van der Waals surface area contributed by atoms with Crippen LogP contribution in [0.5, 0.6) is 0 Å². The van der Waals surface area contributed by atoms with Crippen LogP contribution in [0.2, 0.25) is 0 Å². The van der Waals surface area contributed by atoms with Gasteiger partial charge in [0, 0.05) is 62.1 Å². The lowest BCUT2D eigenvalue weighted by molar-refractivity contribution is -0.131. The third kappa shape index (κ3) is 4.03. The smallest absolute Gasteiger partial charge is 0.254 e. The minimum absolute atomic E-state index is 0.0163. The second kappa shape index (κ2) is 7.95. The van der Waals surface area contributed by atoms with E-state index in [1.54, 1.807) is 24.5 Å². The Labute approximate surface area is 171 Å². The number of rotatable bonds is 5. The standard InChI is InChI=1S/C23H28N4O2/c1-17(2)25-21(28)20-13-26(12-18-6-4-3-5-7-18)14-23(20)15-27(16-23)22(29)19-8-10-24-11-9-19/h3-11,17,20H,12-16H2,1-2H3,(H,25,28). The van der Waals surface area contributed by atoms with Crippen molar-refractivity contribution in [3.05, 3.63) is 66.0 Å². The van der Waals surface area contributed by atoms with E-state index in [9.17, 15) is 9.59 Å². The molecule has 1 aromatic carbocycles. The minimum Gasteiger partial charge on any atom is -0.354 e. The van der Waals surface area contributed by atoms with Crippen molar-refractivity contribution < 1.29 is 9.59 Å². The van der Waals surface area contributed by atoms with Crippen LogP contribution < -0.4 is 5.32 Å². The van der Waals surface area contributed by atoms with Crippen LogP contribution >= 0.6 is 0 Å². The molecule has 29 heavy (non-hydrogen) atoms. The number of nitrogens with one attached hydrogen (secondary N) is 1. The second-order valence-electron chi connectivity index (χ2n) is 8.63. The number of hydrogen-bond acceptors (Lipinski definition) is 4. The first kappa shape index (κ1) is 19.6. The molecule has 0 saturated carbocycles. The lowest BCUT2D eigenvalue weighted by atomic mass is 9.71. The van der Waals surface area contributed by atoms with Crippen molar-refractivity contribution >= 4 is 11.8 Å². The number of carbonyl (C=O) groups excluding carboxylic acids is 2. The van der Waals surface area contributed by atoms with Gasteiger partial charge in [-0.3, -0.25) is 19.5 Å².